The molecular formula is C23H11Br2F3N4O3. The number of aromatic amines is 1. The minimum absolute atomic E-state index is 0.0555. The van der Waals surface area contributed by atoms with Crippen LogP contribution in [0.2, 0.25) is 0 Å². The fraction of sp³-hybridized carbons (Fsp3) is 0.0435. The number of ether oxygens (including phenoxy) is 1. The molecule has 7 nitrogen and oxygen atoms in total. The van der Waals surface area contributed by atoms with Gasteiger partial charge in [0.05, 0.1) is 31.6 Å². The highest BCUT2D eigenvalue weighted by atomic mass is 79.9. The number of rotatable bonds is 5. The molecule has 0 aliphatic carbocycles. The van der Waals surface area contributed by atoms with E-state index in [0.29, 0.717) is 32.2 Å². The van der Waals surface area contributed by atoms with Crippen LogP contribution in [-0.2, 0) is 6.18 Å². The molecule has 1 N–H and O–H groups in total. The number of H-pyrrole nitrogens is 1. The summed E-state index contributed by atoms with van der Waals surface area (Å²) in [5.41, 5.74) is -0.215. The summed E-state index contributed by atoms with van der Waals surface area (Å²) in [7, 11) is 0. The Labute approximate surface area is 212 Å². The van der Waals surface area contributed by atoms with Crippen molar-refractivity contribution in [3.05, 3.63) is 90.6 Å². The first-order chi connectivity index (χ1) is 16.6. The Bertz CT molecular complexity index is 1510. The highest BCUT2D eigenvalue weighted by Gasteiger charge is 2.33. The van der Waals surface area contributed by atoms with E-state index in [1.54, 1.807) is 30.3 Å². The van der Waals surface area contributed by atoms with E-state index in [1.165, 1.54) is 6.08 Å². The first kappa shape index (κ1) is 24.4. The average Bonchev–Trinajstić information content (AvgIpc) is 3.22. The highest BCUT2D eigenvalue weighted by Crippen LogP contribution is 2.42. The van der Waals surface area contributed by atoms with Gasteiger partial charge in [-0.05, 0) is 58.4 Å². The Balaban J connectivity index is 1.82. The molecule has 0 fully saturated rings. The Morgan fingerprint density at radius 3 is 2.57 bits per heavy atom. The summed E-state index contributed by atoms with van der Waals surface area (Å²) in [4.78, 5) is 18.0. The van der Waals surface area contributed by atoms with E-state index in [1.807, 2.05) is 6.07 Å². The normalized spacial score (nSPS) is 11.9. The second-order valence-corrected chi connectivity index (χ2v) is 8.89. The maximum atomic E-state index is 13.1. The fourth-order valence-electron chi connectivity index (χ4n) is 3.22. The monoisotopic (exact) mass is 606 g/mol. The first-order valence-electron chi connectivity index (χ1n) is 9.66. The van der Waals surface area contributed by atoms with Crippen LogP contribution in [0, 0.1) is 21.4 Å². The molecule has 1 aromatic heterocycles. The molecule has 12 heteroatoms. The molecule has 0 unspecified atom stereocenters. The number of hydrogen-bond acceptors (Lipinski definition) is 5. The van der Waals surface area contributed by atoms with Gasteiger partial charge in [0, 0.05) is 16.1 Å². The highest BCUT2D eigenvalue weighted by molar-refractivity contribution is 9.11. The average molecular weight is 608 g/mol. The van der Waals surface area contributed by atoms with Crippen molar-refractivity contribution in [2.45, 2.75) is 6.18 Å². The Morgan fingerprint density at radius 2 is 1.91 bits per heavy atom. The number of imidazole rings is 1. The molecule has 3 aromatic carbocycles. The van der Waals surface area contributed by atoms with Crippen LogP contribution in [0.15, 0.2) is 63.5 Å². The lowest BCUT2D eigenvalue weighted by molar-refractivity contribution is -0.385. The zero-order valence-corrected chi connectivity index (χ0v) is 20.4. The van der Waals surface area contributed by atoms with Crippen molar-refractivity contribution in [3.63, 3.8) is 0 Å². The number of alkyl halides is 3. The van der Waals surface area contributed by atoms with Gasteiger partial charge >= 0.3 is 11.9 Å². The molecule has 0 saturated carbocycles. The number of hydrogen-bond donors (Lipinski definition) is 1. The van der Waals surface area contributed by atoms with Crippen molar-refractivity contribution in [2.75, 3.05) is 0 Å². The predicted octanol–water partition coefficient (Wildman–Crippen LogP) is 7.87. The van der Waals surface area contributed by atoms with E-state index in [-0.39, 0.29) is 17.1 Å². The molecule has 0 amide bonds. The molecule has 0 atom stereocenters. The second-order valence-electron chi connectivity index (χ2n) is 7.12. The Hall–Kier alpha value is -3.69. The standard InChI is InChI=1S/C23H11Br2F3N4O3/c24-15-8-12(7-13(11-29)22-30-17-3-1-2-4-18(17)31-22)21(16(25)10-15)35-20-6-5-14(23(26,27)28)9-19(20)32(33)34/h1-10H,(H,30,31)/b13-7+. The number of fused-ring (bicyclic) bond motifs is 1. The van der Waals surface area contributed by atoms with E-state index < -0.39 is 28.1 Å². The molecule has 4 rings (SSSR count). The zero-order valence-electron chi connectivity index (χ0n) is 17.2. The molecule has 1 heterocycles. The number of nitro benzene ring substituents is 1. The van der Waals surface area contributed by atoms with Gasteiger partial charge in [0.15, 0.2) is 0 Å². The van der Waals surface area contributed by atoms with E-state index >= 15 is 0 Å². The van der Waals surface area contributed by atoms with Crippen molar-refractivity contribution in [1.29, 1.82) is 5.26 Å². The summed E-state index contributed by atoms with van der Waals surface area (Å²) < 4.78 is 45.8. The van der Waals surface area contributed by atoms with Gasteiger partial charge < -0.3 is 9.72 Å². The van der Waals surface area contributed by atoms with Gasteiger partial charge in [0.1, 0.15) is 17.6 Å². The summed E-state index contributed by atoms with van der Waals surface area (Å²) in [6, 6.07) is 14.4. The maximum absolute atomic E-state index is 13.1. The molecule has 0 aliphatic rings. The molecule has 0 bridgehead atoms. The van der Waals surface area contributed by atoms with E-state index in [0.717, 1.165) is 11.6 Å². The largest absolute Gasteiger partial charge is 0.448 e. The van der Waals surface area contributed by atoms with Crippen molar-refractivity contribution in [3.8, 4) is 17.6 Å². The lowest BCUT2D eigenvalue weighted by Crippen LogP contribution is -2.06. The molecule has 4 aromatic rings. The third kappa shape index (κ3) is 5.21. The zero-order chi connectivity index (χ0) is 25.3. The molecule has 0 radical (unpaired) electrons. The number of nitrogens with one attached hydrogen (secondary N) is 1. The topological polar surface area (TPSA) is 105 Å². The SMILES string of the molecule is N#C/C(=C\c1cc(Br)cc(Br)c1Oc1ccc(C(F)(F)F)cc1[N+](=O)[O-])c1nc2ccccc2[nH]1. The van der Waals surface area contributed by atoms with Gasteiger partial charge in [0.2, 0.25) is 5.75 Å². The van der Waals surface area contributed by atoms with Gasteiger partial charge in [-0.2, -0.15) is 18.4 Å². The van der Waals surface area contributed by atoms with Crippen molar-refractivity contribution in [1.82, 2.24) is 9.97 Å². The van der Waals surface area contributed by atoms with Crippen molar-refractivity contribution in [2.24, 2.45) is 0 Å². The molecule has 35 heavy (non-hydrogen) atoms. The van der Waals surface area contributed by atoms with Crippen LogP contribution in [0.1, 0.15) is 17.0 Å². The summed E-state index contributed by atoms with van der Waals surface area (Å²) in [6.07, 6.45) is -3.30. The fourth-order valence-corrected chi connectivity index (χ4v) is 4.56. The van der Waals surface area contributed by atoms with Crippen LogP contribution >= 0.6 is 31.9 Å². The first-order valence-corrected chi connectivity index (χ1v) is 11.2. The number of benzene rings is 3. The summed E-state index contributed by atoms with van der Waals surface area (Å²) in [5, 5.41) is 21.3. The van der Waals surface area contributed by atoms with Crippen molar-refractivity contribution < 1.29 is 22.8 Å². The molecule has 176 valence electrons. The molecule has 0 saturated heterocycles. The minimum Gasteiger partial charge on any atom is -0.448 e. The second kappa shape index (κ2) is 9.52. The third-order valence-corrected chi connectivity index (χ3v) is 5.84. The summed E-state index contributed by atoms with van der Waals surface area (Å²) >= 11 is 6.66. The van der Waals surface area contributed by atoms with Crippen LogP contribution < -0.4 is 4.74 Å². The summed E-state index contributed by atoms with van der Waals surface area (Å²) in [5.74, 6) is -0.0564. The van der Waals surface area contributed by atoms with Gasteiger partial charge in [0.25, 0.3) is 0 Å². The maximum Gasteiger partial charge on any atom is 0.416 e. The van der Waals surface area contributed by atoms with Crippen LogP contribution in [-0.4, -0.2) is 14.9 Å². The molecular weight excluding hydrogens is 597 g/mol. The number of allylic oxidation sites excluding steroid dienone is 1. The quantitative estimate of drug-likeness (QED) is 0.141. The van der Waals surface area contributed by atoms with Gasteiger partial charge in [-0.1, -0.05) is 28.1 Å². The smallest absolute Gasteiger partial charge is 0.416 e. The number of nitrogens with zero attached hydrogens (tertiary/aromatic N) is 3. The lowest BCUT2D eigenvalue weighted by atomic mass is 10.1. The van der Waals surface area contributed by atoms with E-state index in [4.69, 9.17) is 4.74 Å². The lowest BCUT2D eigenvalue weighted by Gasteiger charge is -2.14. The minimum atomic E-state index is -4.76. The summed E-state index contributed by atoms with van der Waals surface area (Å²) in [6.45, 7) is 0. The van der Waals surface area contributed by atoms with Crippen LogP contribution in [0.25, 0.3) is 22.7 Å². The predicted molar refractivity (Wildman–Crippen MR) is 130 cm³/mol. The van der Waals surface area contributed by atoms with Crippen LogP contribution in [0.4, 0.5) is 18.9 Å². The Morgan fingerprint density at radius 1 is 1.17 bits per heavy atom. The number of nitriles is 1. The van der Waals surface area contributed by atoms with Crippen molar-refractivity contribution >= 4 is 60.2 Å². The van der Waals surface area contributed by atoms with Gasteiger partial charge in [-0.25, -0.2) is 4.98 Å². The third-order valence-electron chi connectivity index (χ3n) is 4.80. The van der Waals surface area contributed by atoms with E-state index in [9.17, 15) is 28.5 Å². The Kier molecular flexibility index (Phi) is 6.64. The molecule has 0 spiro atoms. The van der Waals surface area contributed by atoms with Crippen LogP contribution in [0.3, 0.4) is 0 Å². The van der Waals surface area contributed by atoms with Crippen LogP contribution in [0.5, 0.6) is 11.5 Å². The van der Waals surface area contributed by atoms with Gasteiger partial charge in [-0.15, -0.1) is 0 Å². The molecule has 0 aliphatic heterocycles. The number of aromatic nitrogens is 2. The number of nitro groups is 1. The number of halogens is 5. The van der Waals surface area contributed by atoms with Gasteiger partial charge in [-0.3, -0.25) is 10.1 Å². The number of para-hydroxylation sites is 2. The van der Waals surface area contributed by atoms with E-state index in [2.05, 4.69) is 47.9 Å².